The average molecular weight is 402 g/mol. The molecular weight excluding hydrogens is 377 g/mol. The van der Waals surface area contributed by atoms with Crippen molar-refractivity contribution >= 4 is 41.9 Å². The summed E-state index contributed by atoms with van der Waals surface area (Å²) in [6.07, 6.45) is 5.65. The van der Waals surface area contributed by atoms with Gasteiger partial charge in [0.25, 0.3) is 0 Å². The summed E-state index contributed by atoms with van der Waals surface area (Å²) >= 11 is 6.47. The summed E-state index contributed by atoms with van der Waals surface area (Å²) in [6, 6.07) is 0. The number of rotatable bonds is 6. The molecule has 0 saturated carbocycles. The van der Waals surface area contributed by atoms with Gasteiger partial charge in [-0.3, -0.25) is 4.57 Å². The second kappa shape index (κ2) is 7.35. The standard InChI is InChI=1S/C16H25ClN5O3P/c1-5-24-14-11-13(20-16(18)21-14)22(8-19-11)15-10(17)12(23)9(25-15)6-7-26(2,3)4/h8-10,12,15,23H,2,5-7H2,1,3-4H3,(H2,18,20,21)/t9?,10-,12-,15-/m1/s1. The topological polar surface area (TPSA) is 108 Å². The fourth-order valence-electron chi connectivity index (χ4n) is 2.97. The van der Waals surface area contributed by atoms with Crippen molar-refractivity contribution < 1.29 is 14.6 Å². The molecule has 3 rings (SSSR count). The first kappa shape index (κ1) is 19.4. The second-order valence-electron chi connectivity index (χ2n) is 7.09. The molecule has 1 saturated heterocycles. The molecule has 0 aromatic carbocycles. The molecule has 3 N–H and O–H groups in total. The number of aromatic nitrogens is 4. The SMILES string of the molecule is C=P(C)(C)CCC1O[C@@H](n2cnc3c(OCC)nc(N)nc32)[C@H](Cl)[C@@H]1O. The van der Waals surface area contributed by atoms with Crippen LogP contribution in [0.1, 0.15) is 19.6 Å². The molecule has 2 aromatic rings. The number of nitrogen functional groups attached to an aromatic ring is 1. The maximum atomic E-state index is 10.5. The average Bonchev–Trinajstić information content (AvgIpc) is 3.08. The van der Waals surface area contributed by atoms with Crippen molar-refractivity contribution in [2.75, 3.05) is 31.8 Å². The van der Waals surface area contributed by atoms with Crippen molar-refractivity contribution in [3.8, 4) is 5.88 Å². The van der Waals surface area contributed by atoms with Gasteiger partial charge in [-0.25, -0.2) is 4.98 Å². The lowest BCUT2D eigenvalue weighted by Crippen LogP contribution is -2.28. The van der Waals surface area contributed by atoms with Gasteiger partial charge in [0, 0.05) is 0 Å². The first-order chi connectivity index (χ1) is 12.2. The first-order valence-corrected chi connectivity index (χ1v) is 12.0. The number of imidazole rings is 1. The minimum atomic E-state index is -1.21. The van der Waals surface area contributed by atoms with Crippen molar-refractivity contribution in [2.45, 2.75) is 37.2 Å². The van der Waals surface area contributed by atoms with Gasteiger partial charge < -0.3 is 20.3 Å². The molecule has 0 amide bonds. The Hall–Kier alpha value is -1.34. The molecule has 1 aliphatic heterocycles. The summed E-state index contributed by atoms with van der Waals surface area (Å²) in [5.41, 5.74) is 6.75. The van der Waals surface area contributed by atoms with Crippen LogP contribution in [0.2, 0.25) is 0 Å². The number of aliphatic hydroxyl groups is 1. The van der Waals surface area contributed by atoms with E-state index in [-0.39, 0.29) is 12.1 Å². The number of alkyl halides is 1. The first-order valence-electron chi connectivity index (χ1n) is 8.49. The number of hydrogen-bond donors (Lipinski definition) is 2. The lowest BCUT2D eigenvalue weighted by molar-refractivity contribution is -0.0176. The van der Waals surface area contributed by atoms with E-state index in [0.29, 0.717) is 30.1 Å². The smallest absolute Gasteiger partial charge is 0.247 e. The van der Waals surface area contributed by atoms with Crippen LogP contribution < -0.4 is 10.5 Å². The van der Waals surface area contributed by atoms with Crippen molar-refractivity contribution in [1.29, 1.82) is 0 Å². The third-order valence-electron chi connectivity index (χ3n) is 4.27. The highest BCUT2D eigenvalue weighted by Crippen LogP contribution is 2.41. The van der Waals surface area contributed by atoms with E-state index in [0.717, 1.165) is 6.16 Å². The zero-order valence-corrected chi connectivity index (χ0v) is 16.8. The van der Waals surface area contributed by atoms with E-state index < -0.39 is 24.6 Å². The van der Waals surface area contributed by atoms with Crippen LogP contribution in [0.15, 0.2) is 6.33 Å². The van der Waals surface area contributed by atoms with E-state index in [2.05, 4.69) is 34.6 Å². The Kier molecular flexibility index (Phi) is 5.49. The highest BCUT2D eigenvalue weighted by molar-refractivity contribution is 7.72. The van der Waals surface area contributed by atoms with Gasteiger partial charge in [0.15, 0.2) is 17.4 Å². The van der Waals surface area contributed by atoms with Crippen LogP contribution in [0.5, 0.6) is 5.88 Å². The molecule has 0 bridgehead atoms. The molecule has 0 spiro atoms. The monoisotopic (exact) mass is 401 g/mol. The van der Waals surface area contributed by atoms with Crippen molar-refractivity contribution in [2.24, 2.45) is 0 Å². The van der Waals surface area contributed by atoms with Crippen LogP contribution in [-0.4, -0.2) is 74.6 Å². The predicted octanol–water partition coefficient (Wildman–Crippen LogP) is 1.77. The number of halogens is 1. The van der Waals surface area contributed by atoms with E-state index in [1.807, 2.05) is 6.92 Å². The largest absolute Gasteiger partial charge is 0.476 e. The summed E-state index contributed by atoms with van der Waals surface area (Å²) in [6.45, 7) is 5.38. The minimum Gasteiger partial charge on any atom is -0.476 e. The predicted molar refractivity (Wildman–Crippen MR) is 106 cm³/mol. The molecule has 4 atom stereocenters. The molecule has 144 valence electrons. The van der Waals surface area contributed by atoms with Gasteiger partial charge in [-0.1, -0.05) is 0 Å². The zero-order chi connectivity index (χ0) is 19.1. The lowest BCUT2D eigenvalue weighted by atomic mass is 10.1. The van der Waals surface area contributed by atoms with Gasteiger partial charge in [-0.2, -0.15) is 9.97 Å². The van der Waals surface area contributed by atoms with Crippen LogP contribution in [0.3, 0.4) is 0 Å². The Morgan fingerprint density at radius 3 is 2.85 bits per heavy atom. The van der Waals surface area contributed by atoms with Gasteiger partial charge in [0.1, 0.15) is 11.5 Å². The molecule has 1 unspecified atom stereocenters. The summed E-state index contributed by atoms with van der Waals surface area (Å²) in [5, 5.41) is 9.88. The Morgan fingerprint density at radius 1 is 1.46 bits per heavy atom. The van der Waals surface area contributed by atoms with Crippen LogP contribution in [0, 0.1) is 0 Å². The van der Waals surface area contributed by atoms with E-state index >= 15 is 0 Å². The molecular formula is C16H25ClN5O3P. The summed E-state index contributed by atoms with van der Waals surface area (Å²) in [5.74, 6) is 0.395. The van der Waals surface area contributed by atoms with Crippen LogP contribution in [0.25, 0.3) is 11.2 Å². The van der Waals surface area contributed by atoms with Gasteiger partial charge in [0.05, 0.1) is 19.0 Å². The lowest BCUT2D eigenvalue weighted by Gasteiger charge is -2.18. The molecule has 3 heterocycles. The number of aliphatic hydroxyl groups excluding tert-OH is 1. The van der Waals surface area contributed by atoms with Crippen molar-refractivity contribution in [1.82, 2.24) is 19.5 Å². The fourth-order valence-corrected chi connectivity index (χ4v) is 4.27. The number of ether oxygens (including phenoxy) is 2. The molecule has 1 aliphatic rings. The molecule has 10 heteroatoms. The Labute approximate surface area is 157 Å². The van der Waals surface area contributed by atoms with Gasteiger partial charge in [-0.05, 0) is 32.8 Å². The molecule has 2 aromatic heterocycles. The molecule has 0 radical (unpaired) electrons. The Balaban J connectivity index is 1.90. The number of fused-ring (bicyclic) bond motifs is 1. The maximum absolute atomic E-state index is 10.5. The number of hydrogen-bond acceptors (Lipinski definition) is 7. The van der Waals surface area contributed by atoms with E-state index in [4.69, 9.17) is 26.8 Å². The van der Waals surface area contributed by atoms with E-state index in [9.17, 15) is 5.11 Å². The highest BCUT2D eigenvalue weighted by atomic mass is 35.5. The Morgan fingerprint density at radius 2 is 2.19 bits per heavy atom. The van der Waals surface area contributed by atoms with E-state index in [1.165, 1.54) is 0 Å². The minimum absolute atomic E-state index is 0.0764. The number of nitrogens with zero attached hydrogens (tertiary/aromatic N) is 4. The summed E-state index contributed by atoms with van der Waals surface area (Å²) in [7, 11) is 0. The zero-order valence-electron chi connectivity index (χ0n) is 15.2. The molecule has 8 nitrogen and oxygen atoms in total. The molecule has 1 fully saturated rings. The van der Waals surface area contributed by atoms with Crippen molar-refractivity contribution in [3.63, 3.8) is 0 Å². The fraction of sp³-hybridized carbons (Fsp3) is 0.625. The van der Waals surface area contributed by atoms with Gasteiger partial charge in [-0.15, -0.1) is 24.8 Å². The van der Waals surface area contributed by atoms with Gasteiger partial charge in [0.2, 0.25) is 11.8 Å². The maximum Gasteiger partial charge on any atom is 0.247 e. The molecule has 0 aliphatic carbocycles. The van der Waals surface area contributed by atoms with Gasteiger partial charge >= 0.3 is 0 Å². The summed E-state index contributed by atoms with van der Waals surface area (Å²) < 4.78 is 13.2. The molecule has 26 heavy (non-hydrogen) atoms. The number of nitrogens with two attached hydrogens (primary N) is 1. The normalized spacial score (nSPS) is 26.5. The third kappa shape index (κ3) is 3.83. The van der Waals surface area contributed by atoms with Crippen LogP contribution in [-0.2, 0) is 4.74 Å². The number of anilines is 1. The summed E-state index contributed by atoms with van der Waals surface area (Å²) in [4.78, 5) is 12.7. The third-order valence-corrected chi connectivity index (χ3v) is 6.22. The van der Waals surface area contributed by atoms with Crippen LogP contribution >= 0.6 is 18.5 Å². The van der Waals surface area contributed by atoms with E-state index in [1.54, 1.807) is 10.9 Å². The Bertz CT molecular complexity index is 839. The van der Waals surface area contributed by atoms with Crippen LogP contribution in [0.4, 0.5) is 5.95 Å². The highest BCUT2D eigenvalue weighted by Gasteiger charge is 2.44. The van der Waals surface area contributed by atoms with Crippen molar-refractivity contribution in [3.05, 3.63) is 6.33 Å². The second-order valence-corrected chi connectivity index (χ2v) is 11.9. The quantitative estimate of drug-likeness (QED) is 0.561.